The summed E-state index contributed by atoms with van der Waals surface area (Å²) < 4.78 is 24.1. The highest BCUT2D eigenvalue weighted by atomic mass is 32.2. The second-order valence-corrected chi connectivity index (χ2v) is 10.7. The van der Waals surface area contributed by atoms with Gasteiger partial charge in [0.1, 0.15) is 0 Å². The van der Waals surface area contributed by atoms with Gasteiger partial charge in [0.05, 0.1) is 17.0 Å². The molecular weight excluding hydrogens is 336 g/mol. The standard InChI is InChI=1S/C19H30N2O3S/c1-14-7-6-8-16(13-14)17(19(3,4)5)20-18(22)21-10-9-15(2)25(23,24)12-11-21/h6-8,13,15,17H,9-12H2,1-5H3,(H,20,22). The molecule has 1 N–H and O–H groups in total. The summed E-state index contributed by atoms with van der Waals surface area (Å²) in [4.78, 5) is 14.4. The Morgan fingerprint density at radius 1 is 1.28 bits per heavy atom. The molecule has 0 saturated carbocycles. The van der Waals surface area contributed by atoms with Crippen molar-refractivity contribution in [1.82, 2.24) is 10.2 Å². The maximum atomic E-state index is 12.8. The number of benzene rings is 1. The van der Waals surface area contributed by atoms with Gasteiger partial charge in [0.15, 0.2) is 9.84 Å². The average molecular weight is 367 g/mol. The SMILES string of the molecule is Cc1cccc(C(NC(=O)N2CCC(C)S(=O)(=O)CC2)C(C)(C)C)c1. The van der Waals surface area contributed by atoms with Gasteiger partial charge in [0.2, 0.25) is 0 Å². The maximum Gasteiger partial charge on any atom is 0.317 e. The van der Waals surface area contributed by atoms with Crippen molar-refractivity contribution in [2.75, 3.05) is 18.8 Å². The molecule has 2 rings (SSSR count). The molecule has 1 aromatic rings. The number of aryl methyl sites for hydroxylation is 1. The van der Waals surface area contributed by atoms with Crippen LogP contribution < -0.4 is 5.32 Å². The number of hydrogen-bond donors (Lipinski definition) is 1. The lowest BCUT2D eigenvalue weighted by Crippen LogP contribution is -2.46. The molecule has 25 heavy (non-hydrogen) atoms. The minimum absolute atomic E-state index is 0.0339. The maximum absolute atomic E-state index is 12.8. The topological polar surface area (TPSA) is 66.5 Å². The number of amides is 2. The van der Waals surface area contributed by atoms with Crippen LogP contribution >= 0.6 is 0 Å². The van der Waals surface area contributed by atoms with E-state index in [1.165, 1.54) is 0 Å². The number of carbonyl (C=O) groups is 1. The summed E-state index contributed by atoms with van der Waals surface area (Å²) in [5.41, 5.74) is 2.06. The zero-order valence-corrected chi connectivity index (χ0v) is 16.7. The van der Waals surface area contributed by atoms with E-state index in [1.54, 1.807) is 11.8 Å². The molecule has 0 radical (unpaired) electrons. The quantitative estimate of drug-likeness (QED) is 0.873. The fraction of sp³-hybridized carbons (Fsp3) is 0.632. The molecule has 1 saturated heterocycles. The Hall–Kier alpha value is -1.56. The van der Waals surface area contributed by atoms with Gasteiger partial charge in [-0.1, -0.05) is 50.6 Å². The molecule has 1 aromatic carbocycles. The predicted molar refractivity (Wildman–Crippen MR) is 101 cm³/mol. The molecule has 1 heterocycles. The molecule has 0 aromatic heterocycles. The molecule has 0 bridgehead atoms. The summed E-state index contributed by atoms with van der Waals surface area (Å²) in [6.07, 6.45) is 0.486. The number of nitrogens with one attached hydrogen (secondary N) is 1. The molecular formula is C19H30N2O3S. The summed E-state index contributed by atoms with van der Waals surface area (Å²) >= 11 is 0. The third-order valence-electron chi connectivity index (χ3n) is 4.86. The molecule has 2 unspecified atom stereocenters. The molecule has 5 nitrogen and oxygen atoms in total. The van der Waals surface area contributed by atoms with Crippen molar-refractivity contribution in [3.63, 3.8) is 0 Å². The Morgan fingerprint density at radius 3 is 2.56 bits per heavy atom. The van der Waals surface area contributed by atoms with E-state index in [2.05, 4.69) is 32.2 Å². The molecule has 1 aliphatic rings. The van der Waals surface area contributed by atoms with Crippen LogP contribution in [0.2, 0.25) is 0 Å². The molecule has 1 aliphatic heterocycles. The first-order valence-corrected chi connectivity index (χ1v) is 10.6. The van der Waals surface area contributed by atoms with Gasteiger partial charge in [-0.25, -0.2) is 13.2 Å². The Labute approximate surface area is 151 Å². The minimum atomic E-state index is -3.10. The number of hydrogen-bond acceptors (Lipinski definition) is 3. The van der Waals surface area contributed by atoms with E-state index in [1.807, 2.05) is 25.1 Å². The highest BCUT2D eigenvalue weighted by Gasteiger charge is 2.32. The number of carbonyl (C=O) groups excluding carboxylic acids is 1. The van der Waals surface area contributed by atoms with Gasteiger partial charge >= 0.3 is 6.03 Å². The molecule has 0 aliphatic carbocycles. The molecule has 140 valence electrons. The summed E-state index contributed by atoms with van der Waals surface area (Å²) in [6, 6.07) is 7.81. The van der Waals surface area contributed by atoms with Gasteiger partial charge in [-0.2, -0.15) is 0 Å². The largest absolute Gasteiger partial charge is 0.331 e. The minimum Gasteiger partial charge on any atom is -0.331 e. The first-order valence-electron chi connectivity index (χ1n) is 8.84. The molecule has 1 fully saturated rings. The zero-order valence-electron chi connectivity index (χ0n) is 15.9. The molecule has 0 spiro atoms. The van der Waals surface area contributed by atoms with Crippen LogP contribution in [0.25, 0.3) is 0 Å². The summed E-state index contributed by atoms with van der Waals surface area (Å²) in [5.74, 6) is 0.0339. The van der Waals surface area contributed by atoms with Crippen LogP contribution in [0.3, 0.4) is 0 Å². The monoisotopic (exact) mass is 366 g/mol. The van der Waals surface area contributed by atoms with Gasteiger partial charge in [-0.05, 0) is 31.2 Å². The Kier molecular flexibility index (Phi) is 5.82. The predicted octanol–water partition coefficient (Wildman–Crippen LogP) is 3.30. The van der Waals surface area contributed by atoms with Gasteiger partial charge in [-0.3, -0.25) is 0 Å². The highest BCUT2D eigenvalue weighted by molar-refractivity contribution is 7.92. The van der Waals surface area contributed by atoms with Crippen LogP contribution in [0.15, 0.2) is 24.3 Å². The number of urea groups is 1. The van der Waals surface area contributed by atoms with Crippen LogP contribution in [0.4, 0.5) is 4.79 Å². The Morgan fingerprint density at radius 2 is 1.96 bits per heavy atom. The third kappa shape index (κ3) is 4.97. The first kappa shape index (κ1) is 19.8. The lowest BCUT2D eigenvalue weighted by molar-refractivity contribution is 0.182. The highest BCUT2D eigenvalue weighted by Crippen LogP contribution is 2.33. The van der Waals surface area contributed by atoms with E-state index in [9.17, 15) is 13.2 Å². The van der Waals surface area contributed by atoms with Crippen molar-refractivity contribution >= 4 is 15.9 Å². The van der Waals surface area contributed by atoms with Gasteiger partial charge < -0.3 is 10.2 Å². The van der Waals surface area contributed by atoms with Crippen LogP contribution in [-0.2, 0) is 9.84 Å². The molecule has 6 heteroatoms. The average Bonchev–Trinajstić information content (AvgIpc) is 2.63. The van der Waals surface area contributed by atoms with Crippen LogP contribution in [0.1, 0.15) is 51.3 Å². The third-order valence-corrected chi connectivity index (χ3v) is 7.07. The second kappa shape index (κ2) is 7.36. The van der Waals surface area contributed by atoms with Crippen molar-refractivity contribution < 1.29 is 13.2 Å². The van der Waals surface area contributed by atoms with Gasteiger partial charge in [0, 0.05) is 13.1 Å². The van der Waals surface area contributed by atoms with Gasteiger partial charge in [-0.15, -0.1) is 0 Å². The molecule has 2 atom stereocenters. The van der Waals surface area contributed by atoms with E-state index in [0.29, 0.717) is 13.0 Å². The van der Waals surface area contributed by atoms with E-state index >= 15 is 0 Å². The van der Waals surface area contributed by atoms with Crippen molar-refractivity contribution in [3.8, 4) is 0 Å². The summed E-state index contributed by atoms with van der Waals surface area (Å²) in [5, 5.41) is 2.74. The van der Waals surface area contributed by atoms with E-state index in [0.717, 1.165) is 11.1 Å². The smallest absolute Gasteiger partial charge is 0.317 e. The number of rotatable bonds is 2. The number of nitrogens with zero attached hydrogens (tertiary/aromatic N) is 1. The van der Waals surface area contributed by atoms with E-state index < -0.39 is 9.84 Å². The fourth-order valence-electron chi connectivity index (χ4n) is 3.13. The fourth-order valence-corrected chi connectivity index (χ4v) is 4.48. The lowest BCUT2D eigenvalue weighted by Gasteiger charge is -2.34. The van der Waals surface area contributed by atoms with Crippen molar-refractivity contribution in [2.45, 2.75) is 52.3 Å². The van der Waals surface area contributed by atoms with Crippen molar-refractivity contribution in [1.29, 1.82) is 0 Å². The lowest BCUT2D eigenvalue weighted by atomic mass is 9.82. The Bertz CT molecular complexity index is 722. The second-order valence-electron chi connectivity index (χ2n) is 8.12. The van der Waals surface area contributed by atoms with Crippen molar-refractivity contribution in [2.24, 2.45) is 5.41 Å². The first-order chi connectivity index (χ1) is 11.5. The molecule has 2 amide bonds. The normalized spacial score (nSPS) is 22.1. The zero-order chi connectivity index (χ0) is 18.8. The summed E-state index contributed by atoms with van der Waals surface area (Å²) in [6.45, 7) is 10.8. The van der Waals surface area contributed by atoms with Gasteiger partial charge in [0.25, 0.3) is 0 Å². The van der Waals surface area contributed by atoms with E-state index in [-0.39, 0.29) is 35.0 Å². The van der Waals surface area contributed by atoms with Crippen molar-refractivity contribution in [3.05, 3.63) is 35.4 Å². The van der Waals surface area contributed by atoms with Crippen LogP contribution in [0.5, 0.6) is 0 Å². The Balaban J connectivity index is 2.18. The van der Waals surface area contributed by atoms with Crippen LogP contribution in [0, 0.1) is 12.3 Å². The van der Waals surface area contributed by atoms with Crippen LogP contribution in [-0.4, -0.2) is 43.4 Å². The summed E-state index contributed by atoms with van der Waals surface area (Å²) in [7, 11) is -3.10. The number of sulfone groups is 1. The van der Waals surface area contributed by atoms with E-state index in [4.69, 9.17) is 0 Å².